The normalized spacial score (nSPS) is 11.8. The summed E-state index contributed by atoms with van der Waals surface area (Å²) in [6.45, 7) is 6.02. The standard InChI is InChI=1S/C26H29NO5/c1-15(2)20-12-6-16(3)23(25(20)28)24(21-14-19(31-4)11-13-22(21)32-5)27-18-9-7-17(8-10-18)26(29)30/h6-15,24,27-28H,1-5H3,(H,29,30). The van der Waals surface area contributed by atoms with Crippen molar-refractivity contribution < 1.29 is 24.5 Å². The largest absolute Gasteiger partial charge is 0.507 e. The number of hydrogen-bond donors (Lipinski definition) is 3. The van der Waals surface area contributed by atoms with Crippen molar-refractivity contribution in [2.75, 3.05) is 19.5 Å². The van der Waals surface area contributed by atoms with Gasteiger partial charge < -0.3 is 25.0 Å². The van der Waals surface area contributed by atoms with Crippen LogP contribution in [0.3, 0.4) is 0 Å². The molecule has 6 nitrogen and oxygen atoms in total. The molecule has 0 aliphatic carbocycles. The van der Waals surface area contributed by atoms with Crippen LogP contribution in [0.2, 0.25) is 0 Å². The first-order chi connectivity index (χ1) is 15.3. The summed E-state index contributed by atoms with van der Waals surface area (Å²) in [5, 5.41) is 23.9. The zero-order valence-corrected chi connectivity index (χ0v) is 19.0. The third kappa shape index (κ3) is 4.64. The van der Waals surface area contributed by atoms with Gasteiger partial charge in [-0.2, -0.15) is 0 Å². The van der Waals surface area contributed by atoms with Crippen molar-refractivity contribution in [3.8, 4) is 17.2 Å². The second kappa shape index (κ2) is 9.64. The van der Waals surface area contributed by atoms with Crippen molar-refractivity contribution in [1.29, 1.82) is 0 Å². The van der Waals surface area contributed by atoms with Crippen LogP contribution in [0.25, 0.3) is 0 Å². The zero-order chi connectivity index (χ0) is 23.4. The molecule has 1 atom stereocenters. The summed E-state index contributed by atoms with van der Waals surface area (Å²) in [6.07, 6.45) is 0. The molecule has 3 aromatic rings. The number of aromatic hydroxyl groups is 1. The number of ether oxygens (including phenoxy) is 2. The molecule has 3 N–H and O–H groups in total. The summed E-state index contributed by atoms with van der Waals surface area (Å²) in [5.74, 6) is 0.674. The van der Waals surface area contributed by atoms with Crippen LogP contribution < -0.4 is 14.8 Å². The van der Waals surface area contributed by atoms with Crippen molar-refractivity contribution in [3.63, 3.8) is 0 Å². The fourth-order valence-corrected chi connectivity index (χ4v) is 3.80. The predicted molar refractivity (Wildman–Crippen MR) is 125 cm³/mol. The number of phenols is 1. The van der Waals surface area contributed by atoms with E-state index in [0.717, 1.165) is 22.3 Å². The van der Waals surface area contributed by atoms with Crippen LogP contribution in [0, 0.1) is 6.92 Å². The Labute approximate surface area is 188 Å². The van der Waals surface area contributed by atoms with Crippen molar-refractivity contribution >= 4 is 11.7 Å². The van der Waals surface area contributed by atoms with Gasteiger partial charge in [-0.25, -0.2) is 4.79 Å². The first-order valence-corrected chi connectivity index (χ1v) is 10.4. The molecule has 0 radical (unpaired) electrons. The monoisotopic (exact) mass is 435 g/mol. The van der Waals surface area contributed by atoms with E-state index in [4.69, 9.17) is 9.47 Å². The number of carboxylic acids is 1. The molecule has 3 rings (SSSR count). The second-order valence-corrected chi connectivity index (χ2v) is 7.96. The fraction of sp³-hybridized carbons (Fsp3) is 0.269. The van der Waals surface area contributed by atoms with Gasteiger partial charge in [-0.05, 0) is 66.4 Å². The summed E-state index contributed by atoms with van der Waals surface area (Å²) in [7, 11) is 3.20. The molecule has 3 aromatic carbocycles. The zero-order valence-electron chi connectivity index (χ0n) is 19.0. The summed E-state index contributed by atoms with van der Waals surface area (Å²) < 4.78 is 11.1. The fourth-order valence-electron chi connectivity index (χ4n) is 3.80. The van der Waals surface area contributed by atoms with E-state index in [1.54, 1.807) is 38.5 Å². The number of phenolic OH excluding ortho intramolecular Hbond substituents is 1. The SMILES string of the molecule is COc1ccc(OC)c(C(Nc2ccc(C(=O)O)cc2)c2c(C)ccc(C(C)C)c2O)c1. The number of methoxy groups -OCH3 is 2. The number of benzene rings is 3. The molecule has 1 unspecified atom stereocenters. The Bertz CT molecular complexity index is 1110. The first-order valence-electron chi connectivity index (χ1n) is 10.4. The Balaban J connectivity index is 2.21. The van der Waals surface area contributed by atoms with Gasteiger partial charge in [0.15, 0.2) is 0 Å². The Morgan fingerprint density at radius 2 is 1.62 bits per heavy atom. The molecule has 6 heteroatoms. The summed E-state index contributed by atoms with van der Waals surface area (Å²) >= 11 is 0. The minimum absolute atomic E-state index is 0.136. The Morgan fingerprint density at radius 1 is 0.938 bits per heavy atom. The molecular formula is C26H29NO5. The first kappa shape index (κ1) is 23.0. The number of aryl methyl sites for hydroxylation is 1. The van der Waals surface area contributed by atoms with Crippen LogP contribution in [-0.2, 0) is 0 Å². The number of aromatic carboxylic acids is 1. The molecule has 168 valence electrons. The van der Waals surface area contributed by atoms with Gasteiger partial charge >= 0.3 is 5.97 Å². The minimum Gasteiger partial charge on any atom is -0.507 e. The quantitative estimate of drug-likeness (QED) is 0.418. The number of rotatable bonds is 8. The molecule has 0 saturated carbocycles. The molecule has 32 heavy (non-hydrogen) atoms. The van der Waals surface area contributed by atoms with E-state index in [9.17, 15) is 15.0 Å². The smallest absolute Gasteiger partial charge is 0.335 e. The maximum atomic E-state index is 11.3. The van der Waals surface area contributed by atoms with Crippen LogP contribution in [-0.4, -0.2) is 30.4 Å². The highest BCUT2D eigenvalue weighted by molar-refractivity contribution is 5.88. The number of carbonyl (C=O) groups is 1. The number of nitrogens with one attached hydrogen (secondary N) is 1. The molecule has 0 bridgehead atoms. The van der Waals surface area contributed by atoms with Gasteiger partial charge in [0.2, 0.25) is 0 Å². The molecule has 0 fully saturated rings. The van der Waals surface area contributed by atoms with E-state index >= 15 is 0 Å². The van der Waals surface area contributed by atoms with Gasteiger partial charge in [-0.15, -0.1) is 0 Å². The predicted octanol–water partition coefficient (Wildman–Crippen LogP) is 5.74. The molecule has 0 aromatic heterocycles. The molecule has 0 aliphatic rings. The Kier molecular flexibility index (Phi) is 6.93. The highest BCUT2D eigenvalue weighted by Crippen LogP contribution is 2.42. The van der Waals surface area contributed by atoms with Gasteiger partial charge in [0.25, 0.3) is 0 Å². The van der Waals surface area contributed by atoms with E-state index in [1.807, 2.05) is 51.1 Å². The van der Waals surface area contributed by atoms with Crippen LogP contribution in [0.5, 0.6) is 17.2 Å². The minimum atomic E-state index is -0.985. The lowest BCUT2D eigenvalue weighted by Gasteiger charge is -2.27. The number of anilines is 1. The third-order valence-electron chi connectivity index (χ3n) is 5.57. The van der Waals surface area contributed by atoms with E-state index < -0.39 is 12.0 Å². The van der Waals surface area contributed by atoms with Crippen LogP contribution in [0.15, 0.2) is 54.6 Å². The van der Waals surface area contributed by atoms with Gasteiger partial charge in [-0.3, -0.25) is 0 Å². The van der Waals surface area contributed by atoms with Gasteiger partial charge in [0.05, 0.1) is 25.8 Å². The van der Waals surface area contributed by atoms with Crippen LogP contribution in [0.4, 0.5) is 5.69 Å². The van der Waals surface area contributed by atoms with E-state index in [2.05, 4.69) is 5.32 Å². The van der Waals surface area contributed by atoms with E-state index in [0.29, 0.717) is 17.2 Å². The Morgan fingerprint density at radius 3 is 2.19 bits per heavy atom. The van der Waals surface area contributed by atoms with Crippen molar-refractivity contribution in [2.24, 2.45) is 0 Å². The molecular weight excluding hydrogens is 406 g/mol. The average Bonchev–Trinajstić information content (AvgIpc) is 2.78. The number of carboxylic acid groups (broad SMARTS) is 1. The van der Waals surface area contributed by atoms with Gasteiger partial charge in [0, 0.05) is 16.8 Å². The molecule has 0 amide bonds. The number of hydrogen-bond acceptors (Lipinski definition) is 5. The highest BCUT2D eigenvalue weighted by atomic mass is 16.5. The maximum absolute atomic E-state index is 11.3. The topological polar surface area (TPSA) is 88.0 Å². The van der Waals surface area contributed by atoms with Crippen molar-refractivity contribution in [1.82, 2.24) is 0 Å². The maximum Gasteiger partial charge on any atom is 0.335 e. The van der Waals surface area contributed by atoms with Crippen molar-refractivity contribution in [2.45, 2.75) is 32.7 Å². The molecule has 0 aliphatic heterocycles. The van der Waals surface area contributed by atoms with E-state index in [1.165, 1.54) is 0 Å². The highest BCUT2D eigenvalue weighted by Gasteiger charge is 2.26. The lowest BCUT2D eigenvalue weighted by Crippen LogP contribution is -2.16. The summed E-state index contributed by atoms with van der Waals surface area (Å²) in [6, 6.07) is 15.5. The third-order valence-corrected chi connectivity index (χ3v) is 5.57. The van der Waals surface area contributed by atoms with Gasteiger partial charge in [-0.1, -0.05) is 26.0 Å². The molecule has 0 saturated heterocycles. The second-order valence-electron chi connectivity index (χ2n) is 7.96. The van der Waals surface area contributed by atoms with Crippen LogP contribution in [0.1, 0.15) is 58.4 Å². The lowest BCUT2D eigenvalue weighted by atomic mass is 9.88. The van der Waals surface area contributed by atoms with E-state index in [-0.39, 0.29) is 17.2 Å². The molecule has 0 spiro atoms. The van der Waals surface area contributed by atoms with Crippen molar-refractivity contribution in [3.05, 3.63) is 82.4 Å². The average molecular weight is 436 g/mol. The van der Waals surface area contributed by atoms with Gasteiger partial charge in [0.1, 0.15) is 17.2 Å². The summed E-state index contributed by atoms with van der Waals surface area (Å²) in [4.78, 5) is 11.2. The van der Waals surface area contributed by atoms with Crippen LogP contribution >= 0.6 is 0 Å². The molecule has 0 heterocycles. The summed E-state index contributed by atoms with van der Waals surface area (Å²) in [5.41, 5.74) is 4.18. The Hall–Kier alpha value is -3.67. The lowest BCUT2D eigenvalue weighted by molar-refractivity contribution is 0.0697.